The highest BCUT2D eigenvalue weighted by Gasteiger charge is 2.27. The van der Waals surface area contributed by atoms with Crippen LogP contribution >= 0.6 is 15.9 Å². The molecule has 9 heteroatoms. The van der Waals surface area contributed by atoms with Gasteiger partial charge in [-0.3, -0.25) is 9.78 Å². The summed E-state index contributed by atoms with van der Waals surface area (Å²) in [5.41, 5.74) is 3.75. The number of carbonyl (C=O) groups is 1. The first-order valence-corrected chi connectivity index (χ1v) is 11.9. The van der Waals surface area contributed by atoms with Crippen LogP contribution in [0, 0.1) is 11.3 Å². The molecule has 5 rings (SSSR count). The van der Waals surface area contributed by atoms with Gasteiger partial charge in [-0.25, -0.2) is 4.98 Å². The molecule has 1 saturated heterocycles. The molecule has 0 bridgehead atoms. The second-order valence-electron chi connectivity index (χ2n) is 8.29. The van der Waals surface area contributed by atoms with Crippen LogP contribution in [0.15, 0.2) is 65.5 Å². The number of nitrogens with one attached hydrogen (secondary N) is 1. The average molecular weight is 516 g/mol. The second kappa shape index (κ2) is 9.61. The summed E-state index contributed by atoms with van der Waals surface area (Å²) in [5.74, 6) is 0.880. The van der Waals surface area contributed by atoms with E-state index in [4.69, 9.17) is 4.98 Å². The molecule has 0 spiro atoms. The molecule has 1 N–H and O–H groups in total. The Hall–Kier alpha value is -3.77. The second-order valence-corrected chi connectivity index (χ2v) is 9.15. The minimum atomic E-state index is -0.0525. The zero-order valence-corrected chi connectivity index (χ0v) is 19.9. The predicted octanol–water partition coefficient (Wildman–Crippen LogP) is 4.39. The SMILES string of the molecule is N#Cc1cccc(C(=O)N2CCCC(c3cc(NCc4cccnc4)n4ncc(Br)c4n3)C2)c1. The summed E-state index contributed by atoms with van der Waals surface area (Å²) in [5, 5.41) is 17.1. The van der Waals surface area contributed by atoms with E-state index < -0.39 is 0 Å². The van der Waals surface area contributed by atoms with Gasteiger partial charge in [0.2, 0.25) is 0 Å². The molecular formula is C25H22BrN7O. The lowest BCUT2D eigenvalue weighted by molar-refractivity contribution is 0.0706. The largest absolute Gasteiger partial charge is 0.366 e. The monoisotopic (exact) mass is 515 g/mol. The van der Waals surface area contributed by atoms with Crippen LogP contribution in [0.1, 0.15) is 45.9 Å². The number of pyridine rings is 1. The fraction of sp³-hybridized carbons (Fsp3) is 0.240. The van der Waals surface area contributed by atoms with Gasteiger partial charge < -0.3 is 10.2 Å². The van der Waals surface area contributed by atoms with E-state index in [2.05, 4.69) is 37.4 Å². The number of hydrogen-bond acceptors (Lipinski definition) is 6. The predicted molar refractivity (Wildman–Crippen MR) is 131 cm³/mol. The topological polar surface area (TPSA) is 99.2 Å². The van der Waals surface area contributed by atoms with Gasteiger partial charge in [-0.1, -0.05) is 12.1 Å². The highest BCUT2D eigenvalue weighted by molar-refractivity contribution is 9.10. The molecule has 1 atom stereocenters. The number of halogens is 1. The van der Waals surface area contributed by atoms with Crippen molar-refractivity contribution in [1.29, 1.82) is 5.26 Å². The van der Waals surface area contributed by atoms with E-state index >= 15 is 0 Å². The molecule has 170 valence electrons. The first-order valence-electron chi connectivity index (χ1n) is 11.1. The molecule has 4 heterocycles. The van der Waals surface area contributed by atoms with Crippen molar-refractivity contribution in [2.24, 2.45) is 0 Å². The van der Waals surface area contributed by atoms with Crippen molar-refractivity contribution in [3.63, 3.8) is 0 Å². The van der Waals surface area contributed by atoms with E-state index in [9.17, 15) is 10.1 Å². The molecule has 3 aromatic heterocycles. The molecular weight excluding hydrogens is 494 g/mol. The first-order chi connectivity index (χ1) is 16.6. The summed E-state index contributed by atoms with van der Waals surface area (Å²) < 4.78 is 2.60. The molecule has 0 aliphatic carbocycles. The summed E-state index contributed by atoms with van der Waals surface area (Å²) >= 11 is 3.56. The Morgan fingerprint density at radius 3 is 2.97 bits per heavy atom. The maximum atomic E-state index is 13.2. The molecule has 8 nitrogen and oxygen atoms in total. The van der Waals surface area contributed by atoms with Crippen molar-refractivity contribution in [2.45, 2.75) is 25.3 Å². The molecule has 0 saturated carbocycles. The zero-order valence-electron chi connectivity index (χ0n) is 18.4. The Kier molecular flexibility index (Phi) is 6.23. The number of anilines is 1. The summed E-state index contributed by atoms with van der Waals surface area (Å²) in [6.45, 7) is 1.87. The van der Waals surface area contributed by atoms with Crippen LogP contribution in [0.4, 0.5) is 5.82 Å². The molecule has 0 radical (unpaired) electrons. The van der Waals surface area contributed by atoms with Gasteiger partial charge >= 0.3 is 0 Å². The normalized spacial score (nSPS) is 15.8. The van der Waals surface area contributed by atoms with E-state index in [1.807, 2.05) is 29.3 Å². The van der Waals surface area contributed by atoms with Gasteiger partial charge in [0, 0.05) is 49.6 Å². The Morgan fingerprint density at radius 1 is 1.24 bits per heavy atom. The Labute approximate surface area is 205 Å². The summed E-state index contributed by atoms with van der Waals surface area (Å²) in [4.78, 5) is 24.1. The summed E-state index contributed by atoms with van der Waals surface area (Å²) in [6.07, 6.45) is 7.15. The lowest BCUT2D eigenvalue weighted by Crippen LogP contribution is -2.39. The Balaban J connectivity index is 1.41. The van der Waals surface area contributed by atoms with E-state index in [0.29, 0.717) is 30.8 Å². The molecule has 1 unspecified atom stereocenters. The quantitative estimate of drug-likeness (QED) is 0.423. The third kappa shape index (κ3) is 4.50. The van der Waals surface area contributed by atoms with E-state index in [-0.39, 0.29) is 11.8 Å². The molecule has 1 aliphatic heterocycles. The van der Waals surface area contributed by atoms with Crippen LogP contribution in [0.2, 0.25) is 0 Å². The van der Waals surface area contributed by atoms with Crippen LogP contribution in [-0.4, -0.2) is 43.5 Å². The van der Waals surface area contributed by atoms with Crippen molar-refractivity contribution in [3.05, 3.63) is 87.9 Å². The molecule has 1 aromatic carbocycles. The lowest BCUT2D eigenvalue weighted by atomic mass is 9.93. The molecule has 4 aromatic rings. The minimum Gasteiger partial charge on any atom is -0.366 e. The van der Waals surface area contributed by atoms with Crippen LogP contribution in [0.25, 0.3) is 5.65 Å². The van der Waals surface area contributed by atoms with Crippen LogP contribution in [0.5, 0.6) is 0 Å². The van der Waals surface area contributed by atoms with Crippen molar-refractivity contribution in [2.75, 3.05) is 18.4 Å². The Bertz CT molecular complexity index is 1380. The Morgan fingerprint density at radius 2 is 2.15 bits per heavy atom. The number of hydrogen-bond donors (Lipinski definition) is 1. The van der Waals surface area contributed by atoms with Gasteiger partial charge in [-0.15, -0.1) is 0 Å². The maximum Gasteiger partial charge on any atom is 0.253 e. The highest BCUT2D eigenvalue weighted by atomic mass is 79.9. The third-order valence-corrected chi connectivity index (χ3v) is 6.57. The van der Waals surface area contributed by atoms with Crippen LogP contribution in [0.3, 0.4) is 0 Å². The molecule has 1 fully saturated rings. The standard InChI is InChI=1S/C25H22BrN7O/c26-21-15-30-33-23(29-14-18-5-2-8-28-13-18)11-22(31-24(21)33)20-7-3-9-32(16-20)25(34)19-6-1-4-17(10-19)12-27/h1-2,4-6,8,10-11,13,15,20,29H,3,7,9,14,16H2. The van der Waals surface area contributed by atoms with Crippen molar-refractivity contribution >= 4 is 33.3 Å². The average Bonchev–Trinajstić information content (AvgIpc) is 3.28. The number of carbonyl (C=O) groups excluding carboxylic acids is 1. The molecule has 1 amide bonds. The number of nitrogens with zero attached hydrogens (tertiary/aromatic N) is 6. The van der Waals surface area contributed by atoms with Crippen LogP contribution in [-0.2, 0) is 6.54 Å². The number of fused-ring (bicyclic) bond motifs is 1. The van der Waals surface area contributed by atoms with E-state index in [1.165, 1.54) is 0 Å². The zero-order chi connectivity index (χ0) is 23.5. The van der Waals surface area contributed by atoms with Gasteiger partial charge in [0.15, 0.2) is 5.65 Å². The van der Waals surface area contributed by atoms with Gasteiger partial charge in [0.25, 0.3) is 5.91 Å². The smallest absolute Gasteiger partial charge is 0.253 e. The maximum absolute atomic E-state index is 13.2. The number of benzene rings is 1. The fourth-order valence-corrected chi connectivity index (χ4v) is 4.64. The van der Waals surface area contributed by atoms with Crippen molar-refractivity contribution in [3.8, 4) is 6.07 Å². The number of amides is 1. The molecule has 1 aliphatic rings. The molecule has 34 heavy (non-hydrogen) atoms. The summed E-state index contributed by atoms with van der Waals surface area (Å²) in [6, 6.07) is 14.9. The number of nitriles is 1. The van der Waals surface area contributed by atoms with Crippen molar-refractivity contribution < 1.29 is 4.79 Å². The number of likely N-dealkylation sites (tertiary alicyclic amines) is 1. The summed E-state index contributed by atoms with van der Waals surface area (Å²) in [7, 11) is 0. The number of aromatic nitrogens is 4. The van der Waals surface area contributed by atoms with Gasteiger partial charge in [0.1, 0.15) is 5.82 Å². The van der Waals surface area contributed by atoms with Crippen molar-refractivity contribution in [1.82, 2.24) is 24.5 Å². The fourth-order valence-electron chi connectivity index (χ4n) is 4.29. The third-order valence-electron chi connectivity index (χ3n) is 6.01. The van der Waals surface area contributed by atoms with E-state index in [0.717, 1.165) is 40.0 Å². The van der Waals surface area contributed by atoms with Gasteiger partial charge in [-0.2, -0.15) is 14.9 Å². The minimum absolute atomic E-state index is 0.0525. The number of rotatable bonds is 5. The number of piperidine rings is 1. The lowest BCUT2D eigenvalue weighted by Gasteiger charge is -2.33. The van der Waals surface area contributed by atoms with Crippen LogP contribution < -0.4 is 5.32 Å². The highest BCUT2D eigenvalue weighted by Crippen LogP contribution is 2.30. The first kappa shape index (κ1) is 22.0. The van der Waals surface area contributed by atoms with Gasteiger partial charge in [0.05, 0.1) is 28.0 Å². The van der Waals surface area contributed by atoms with E-state index in [1.54, 1.807) is 41.2 Å². The van der Waals surface area contributed by atoms with Gasteiger partial charge in [-0.05, 0) is 58.6 Å².